The summed E-state index contributed by atoms with van der Waals surface area (Å²) in [6.45, 7) is 1.97. The van der Waals surface area contributed by atoms with Crippen LogP contribution in [0.25, 0.3) is 0 Å². The van der Waals surface area contributed by atoms with Gasteiger partial charge in [0.15, 0.2) is 0 Å². The second-order valence-electron chi connectivity index (χ2n) is 6.30. The van der Waals surface area contributed by atoms with E-state index >= 15 is 0 Å². The van der Waals surface area contributed by atoms with Crippen LogP contribution in [0.2, 0.25) is 0 Å². The molecule has 0 saturated heterocycles. The highest BCUT2D eigenvalue weighted by Gasteiger charge is 2.28. The molecule has 24 heavy (non-hydrogen) atoms. The van der Waals surface area contributed by atoms with E-state index in [1.54, 1.807) is 7.05 Å². The quantitative estimate of drug-likeness (QED) is 0.903. The summed E-state index contributed by atoms with van der Waals surface area (Å²) < 4.78 is 1.31. The number of aromatic carboxylic acids is 1. The van der Waals surface area contributed by atoms with E-state index in [0.29, 0.717) is 0 Å². The minimum atomic E-state index is -1.15. The van der Waals surface area contributed by atoms with Gasteiger partial charge < -0.3 is 10.4 Å². The van der Waals surface area contributed by atoms with E-state index in [9.17, 15) is 14.7 Å². The van der Waals surface area contributed by atoms with Crippen molar-refractivity contribution in [1.82, 2.24) is 15.1 Å². The number of benzene rings is 1. The number of aryl methyl sites for hydroxylation is 2. The summed E-state index contributed by atoms with van der Waals surface area (Å²) in [5.74, 6) is -1.31. The standard InChI is InChI=1S/C18H21N3O3/c1-11(13-9-5-7-12-6-3-4-8-14(12)13)20-17(22)16-15(18(23)24)10-19-21(16)2/h3-4,6,8,10-11,13H,5,7,9H2,1-2H3,(H,20,22)(H,23,24)/t11-,13?/m1/s1. The average molecular weight is 327 g/mol. The Morgan fingerprint density at radius 1 is 1.38 bits per heavy atom. The highest BCUT2D eigenvalue weighted by atomic mass is 16.4. The molecule has 126 valence electrons. The number of amides is 1. The zero-order valence-electron chi connectivity index (χ0n) is 13.8. The Bertz CT molecular complexity index is 782. The number of carbonyl (C=O) groups is 2. The van der Waals surface area contributed by atoms with Crippen molar-refractivity contribution in [3.63, 3.8) is 0 Å². The summed E-state index contributed by atoms with van der Waals surface area (Å²) in [5.41, 5.74) is 2.62. The molecule has 0 radical (unpaired) electrons. The van der Waals surface area contributed by atoms with E-state index in [2.05, 4.69) is 22.5 Å². The van der Waals surface area contributed by atoms with Gasteiger partial charge in [-0.3, -0.25) is 9.48 Å². The second kappa shape index (κ2) is 6.47. The smallest absolute Gasteiger partial charge is 0.339 e. The van der Waals surface area contributed by atoms with Gasteiger partial charge >= 0.3 is 5.97 Å². The van der Waals surface area contributed by atoms with Crippen molar-refractivity contribution in [3.8, 4) is 0 Å². The summed E-state index contributed by atoms with van der Waals surface area (Å²) in [7, 11) is 1.57. The molecule has 3 rings (SSSR count). The van der Waals surface area contributed by atoms with E-state index in [0.717, 1.165) is 19.3 Å². The van der Waals surface area contributed by atoms with Crippen LogP contribution >= 0.6 is 0 Å². The summed E-state index contributed by atoms with van der Waals surface area (Å²) in [6.07, 6.45) is 4.37. The number of aromatic nitrogens is 2. The van der Waals surface area contributed by atoms with E-state index in [1.807, 2.05) is 19.1 Å². The fraction of sp³-hybridized carbons (Fsp3) is 0.389. The van der Waals surface area contributed by atoms with Gasteiger partial charge in [0.25, 0.3) is 5.91 Å². The summed E-state index contributed by atoms with van der Waals surface area (Å²) in [5, 5.41) is 16.1. The first-order chi connectivity index (χ1) is 11.5. The largest absolute Gasteiger partial charge is 0.478 e. The predicted molar refractivity (Wildman–Crippen MR) is 89.2 cm³/mol. The first kappa shape index (κ1) is 16.2. The number of nitrogens with zero attached hydrogens (tertiary/aromatic N) is 2. The Morgan fingerprint density at radius 2 is 2.12 bits per heavy atom. The first-order valence-electron chi connectivity index (χ1n) is 8.13. The summed E-state index contributed by atoms with van der Waals surface area (Å²) in [6, 6.07) is 8.23. The summed E-state index contributed by atoms with van der Waals surface area (Å²) >= 11 is 0. The molecular formula is C18H21N3O3. The zero-order valence-corrected chi connectivity index (χ0v) is 13.8. The monoisotopic (exact) mass is 327 g/mol. The molecule has 1 unspecified atom stereocenters. The predicted octanol–water partition coefficient (Wildman–Crippen LogP) is 2.36. The van der Waals surface area contributed by atoms with Gasteiger partial charge in [0.2, 0.25) is 0 Å². The van der Waals surface area contributed by atoms with E-state index in [-0.39, 0.29) is 23.2 Å². The Labute approximate surface area is 140 Å². The van der Waals surface area contributed by atoms with Crippen LogP contribution in [-0.2, 0) is 13.5 Å². The van der Waals surface area contributed by atoms with Gasteiger partial charge in [0.05, 0.1) is 6.20 Å². The SMILES string of the molecule is C[C@@H](NC(=O)c1c(C(=O)O)cnn1C)C1CCCc2ccccc21. The molecule has 0 aliphatic heterocycles. The van der Waals surface area contributed by atoms with E-state index in [1.165, 1.54) is 22.0 Å². The van der Waals surface area contributed by atoms with Crippen LogP contribution in [0, 0.1) is 0 Å². The number of carboxylic acids is 1. The molecule has 2 aromatic rings. The molecule has 0 fully saturated rings. The fourth-order valence-electron chi connectivity index (χ4n) is 3.55. The molecule has 6 heteroatoms. The molecule has 1 amide bonds. The Kier molecular flexibility index (Phi) is 4.38. The molecule has 1 heterocycles. The average Bonchev–Trinajstić information content (AvgIpc) is 2.96. The molecule has 1 aliphatic carbocycles. The number of rotatable bonds is 4. The normalized spacial score (nSPS) is 17.8. The van der Waals surface area contributed by atoms with E-state index in [4.69, 9.17) is 0 Å². The Morgan fingerprint density at radius 3 is 2.88 bits per heavy atom. The number of carboxylic acid groups (broad SMARTS) is 1. The van der Waals surface area contributed by atoms with Crippen molar-refractivity contribution < 1.29 is 14.7 Å². The lowest BCUT2D eigenvalue weighted by molar-refractivity contribution is 0.0689. The van der Waals surface area contributed by atoms with Gasteiger partial charge in [0.1, 0.15) is 11.3 Å². The van der Waals surface area contributed by atoms with Crippen LogP contribution < -0.4 is 5.32 Å². The minimum Gasteiger partial charge on any atom is -0.478 e. The lowest BCUT2D eigenvalue weighted by Crippen LogP contribution is -2.39. The van der Waals surface area contributed by atoms with Crippen LogP contribution in [0.5, 0.6) is 0 Å². The van der Waals surface area contributed by atoms with Gasteiger partial charge in [-0.15, -0.1) is 0 Å². The third-order valence-corrected chi connectivity index (χ3v) is 4.76. The lowest BCUT2D eigenvalue weighted by Gasteiger charge is -2.31. The van der Waals surface area contributed by atoms with Crippen molar-refractivity contribution in [1.29, 1.82) is 0 Å². The third kappa shape index (κ3) is 2.91. The van der Waals surface area contributed by atoms with Crippen LogP contribution in [0.3, 0.4) is 0 Å². The second-order valence-corrected chi connectivity index (χ2v) is 6.30. The molecule has 0 saturated carbocycles. The molecule has 1 aromatic carbocycles. The van der Waals surface area contributed by atoms with Crippen LogP contribution in [-0.4, -0.2) is 32.8 Å². The molecule has 1 aliphatic rings. The molecular weight excluding hydrogens is 306 g/mol. The van der Waals surface area contributed by atoms with E-state index < -0.39 is 11.9 Å². The number of fused-ring (bicyclic) bond motifs is 1. The van der Waals surface area contributed by atoms with Crippen LogP contribution in [0.1, 0.15) is 57.7 Å². The summed E-state index contributed by atoms with van der Waals surface area (Å²) in [4.78, 5) is 23.8. The molecule has 0 spiro atoms. The van der Waals surface area contributed by atoms with Crippen LogP contribution in [0.15, 0.2) is 30.5 Å². The van der Waals surface area contributed by atoms with Crippen molar-refractivity contribution >= 4 is 11.9 Å². The van der Waals surface area contributed by atoms with Crippen molar-refractivity contribution in [3.05, 3.63) is 52.8 Å². The number of carbonyl (C=O) groups excluding carboxylic acids is 1. The van der Waals surface area contributed by atoms with Crippen molar-refractivity contribution in [2.24, 2.45) is 7.05 Å². The maximum Gasteiger partial charge on any atom is 0.339 e. The lowest BCUT2D eigenvalue weighted by atomic mass is 9.79. The van der Waals surface area contributed by atoms with Crippen molar-refractivity contribution in [2.75, 3.05) is 0 Å². The molecule has 6 nitrogen and oxygen atoms in total. The number of nitrogens with one attached hydrogen (secondary N) is 1. The first-order valence-corrected chi connectivity index (χ1v) is 8.13. The molecule has 1 aromatic heterocycles. The molecule has 2 atom stereocenters. The molecule has 2 N–H and O–H groups in total. The minimum absolute atomic E-state index is 0.0776. The third-order valence-electron chi connectivity index (χ3n) is 4.76. The van der Waals surface area contributed by atoms with Gasteiger partial charge in [-0.05, 0) is 37.3 Å². The number of hydrogen-bond acceptors (Lipinski definition) is 3. The maximum atomic E-state index is 12.6. The van der Waals surface area contributed by atoms with Gasteiger partial charge in [-0.25, -0.2) is 4.79 Å². The van der Waals surface area contributed by atoms with Gasteiger partial charge in [-0.1, -0.05) is 24.3 Å². The van der Waals surface area contributed by atoms with Crippen molar-refractivity contribution in [2.45, 2.75) is 38.1 Å². The Balaban J connectivity index is 1.81. The zero-order chi connectivity index (χ0) is 17.3. The number of hydrogen-bond donors (Lipinski definition) is 2. The van der Waals surface area contributed by atoms with Gasteiger partial charge in [-0.2, -0.15) is 5.10 Å². The Hall–Kier alpha value is -2.63. The van der Waals surface area contributed by atoms with Crippen LogP contribution in [0.4, 0.5) is 0 Å². The molecule has 0 bridgehead atoms. The fourth-order valence-corrected chi connectivity index (χ4v) is 3.55. The topological polar surface area (TPSA) is 84.2 Å². The van der Waals surface area contributed by atoms with Gasteiger partial charge in [0, 0.05) is 19.0 Å². The maximum absolute atomic E-state index is 12.6. The highest BCUT2D eigenvalue weighted by molar-refractivity contribution is 6.03. The highest BCUT2D eigenvalue weighted by Crippen LogP contribution is 2.33.